The van der Waals surface area contributed by atoms with Gasteiger partial charge in [-0.05, 0) is 25.7 Å². The van der Waals surface area contributed by atoms with E-state index in [1.807, 2.05) is 0 Å². The molecule has 190 valence electrons. The first-order valence-corrected chi connectivity index (χ1v) is 10.8. The number of hydrogen-bond acceptors (Lipinski definition) is 7. The molecule has 0 saturated heterocycles. The largest absolute Gasteiger partial charge is 0.480 e. The van der Waals surface area contributed by atoms with E-state index >= 15 is 0 Å². The van der Waals surface area contributed by atoms with Crippen molar-refractivity contribution in [3.05, 3.63) is 18.2 Å². The Hall–Kier alpha value is -3.68. The normalized spacial score (nSPS) is 14.4. The molecule has 1 rings (SSSR count). The van der Waals surface area contributed by atoms with E-state index in [0.717, 1.165) is 0 Å². The van der Waals surface area contributed by atoms with Gasteiger partial charge in [-0.25, -0.2) is 4.98 Å². The summed E-state index contributed by atoms with van der Waals surface area (Å²) < 4.78 is 0. The SMILES string of the molecule is CC(NC(=O)C(Cc1cnc[nH]1)NC(=O)C(CCCN=C(N)N)NC(=O)C(N)C(C)C)C(=O)O. The van der Waals surface area contributed by atoms with Crippen LogP contribution in [0.15, 0.2) is 17.5 Å². The van der Waals surface area contributed by atoms with Gasteiger partial charge in [-0.2, -0.15) is 0 Å². The van der Waals surface area contributed by atoms with E-state index in [9.17, 15) is 19.2 Å². The third-order valence-corrected chi connectivity index (χ3v) is 4.94. The van der Waals surface area contributed by atoms with Crippen molar-refractivity contribution in [1.82, 2.24) is 25.9 Å². The minimum atomic E-state index is -1.23. The Kier molecular flexibility index (Phi) is 11.5. The van der Waals surface area contributed by atoms with E-state index in [1.165, 1.54) is 19.4 Å². The Bertz CT molecular complexity index is 853. The number of hydrogen-bond donors (Lipinski definition) is 8. The van der Waals surface area contributed by atoms with Gasteiger partial charge in [0.15, 0.2) is 5.96 Å². The number of aliphatic carboxylic acids is 1. The molecule has 14 nitrogen and oxygen atoms in total. The Labute approximate surface area is 197 Å². The number of nitrogens with one attached hydrogen (secondary N) is 4. The molecule has 1 heterocycles. The highest BCUT2D eigenvalue weighted by Gasteiger charge is 2.30. The van der Waals surface area contributed by atoms with Crippen molar-refractivity contribution in [2.24, 2.45) is 28.1 Å². The summed E-state index contributed by atoms with van der Waals surface area (Å²) in [5, 5.41) is 16.6. The maximum atomic E-state index is 13.1. The molecule has 0 saturated carbocycles. The van der Waals surface area contributed by atoms with E-state index in [1.54, 1.807) is 13.8 Å². The Balaban J connectivity index is 3.02. The fraction of sp³-hybridized carbons (Fsp3) is 0.600. The molecule has 0 fully saturated rings. The van der Waals surface area contributed by atoms with Crippen LogP contribution in [0.25, 0.3) is 0 Å². The maximum absolute atomic E-state index is 13.1. The third kappa shape index (κ3) is 9.85. The van der Waals surface area contributed by atoms with Gasteiger partial charge in [0.25, 0.3) is 0 Å². The number of carbonyl (C=O) groups is 4. The molecular formula is C20H35N9O5. The van der Waals surface area contributed by atoms with E-state index < -0.39 is 47.9 Å². The summed E-state index contributed by atoms with van der Waals surface area (Å²) in [6, 6.07) is -4.17. The fourth-order valence-electron chi connectivity index (χ4n) is 2.82. The van der Waals surface area contributed by atoms with Crippen molar-refractivity contribution >= 4 is 29.7 Å². The van der Waals surface area contributed by atoms with Gasteiger partial charge in [0, 0.05) is 24.9 Å². The standard InChI is InChI=1S/C20H35N9O5/c1-10(2)15(21)18(32)28-13(5-4-6-25-20(22)23)16(30)29-14(7-12-8-24-9-26-12)17(31)27-11(3)19(33)34/h8-11,13-15H,4-7,21H2,1-3H3,(H,24,26)(H,27,31)(H,28,32)(H,29,30)(H,33,34)(H4,22,23,25). The number of nitrogens with two attached hydrogens (primary N) is 3. The molecule has 4 atom stereocenters. The Morgan fingerprint density at radius 3 is 2.21 bits per heavy atom. The monoisotopic (exact) mass is 481 g/mol. The van der Waals surface area contributed by atoms with Crippen molar-refractivity contribution in [2.45, 2.75) is 64.2 Å². The smallest absolute Gasteiger partial charge is 0.325 e. The lowest BCUT2D eigenvalue weighted by molar-refractivity contribution is -0.141. The second-order valence-corrected chi connectivity index (χ2v) is 8.19. The van der Waals surface area contributed by atoms with Gasteiger partial charge >= 0.3 is 5.97 Å². The zero-order chi connectivity index (χ0) is 25.8. The number of nitrogens with zero attached hydrogens (tertiary/aromatic N) is 2. The van der Waals surface area contributed by atoms with Crippen LogP contribution in [0.2, 0.25) is 0 Å². The van der Waals surface area contributed by atoms with Gasteiger partial charge < -0.3 is 43.2 Å². The van der Waals surface area contributed by atoms with Gasteiger partial charge in [0.2, 0.25) is 17.7 Å². The van der Waals surface area contributed by atoms with Crippen LogP contribution in [0.5, 0.6) is 0 Å². The summed E-state index contributed by atoms with van der Waals surface area (Å²) in [5.74, 6) is -3.37. The number of aromatic amines is 1. The summed E-state index contributed by atoms with van der Waals surface area (Å²) >= 11 is 0. The lowest BCUT2D eigenvalue weighted by Gasteiger charge is -2.25. The molecule has 1 aromatic rings. The number of aliphatic imine (C=N–C) groups is 1. The van der Waals surface area contributed by atoms with E-state index in [-0.39, 0.29) is 31.3 Å². The highest BCUT2D eigenvalue weighted by atomic mass is 16.4. The zero-order valence-electron chi connectivity index (χ0n) is 19.6. The van der Waals surface area contributed by atoms with Crippen molar-refractivity contribution in [3.63, 3.8) is 0 Å². The van der Waals surface area contributed by atoms with Crippen LogP contribution in [0, 0.1) is 5.92 Å². The molecule has 34 heavy (non-hydrogen) atoms. The number of rotatable bonds is 14. The minimum absolute atomic E-state index is 0.0179. The summed E-state index contributed by atoms with van der Waals surface area (Å²) in [6.07, 6.45) is 3.43. The first-order valence-electron chi connectivity index (χ1n) is 10.8. The van der Waals surface area contributed by atoms with Crippen molar-refractivity contribution in [3.8, 4) is 0 Å². The Morgan fingerprint density at radius 2 is 1.68 bits per heavy atom. The average molecular weight is 482 g/mol. The number of amides is 3. The third-order valence-electron chi connectivity index (χ3n) is 4.94. The lowest BCUT2D eigenvalue weighted by Crippen LogP contribution is -2.57. The molecule has 1 aromatic heterocycles. The molecule has 4 unspecified atom stereocenters. The van der Waals surface area contributed by atoms with E-state index in [0.29, 0.717) is 12.1 Å². The first kappa shape index (κ1) is 28.4. The molecule has 0 aliphatic carbocycles. The van der Waals surface area contributed by atoms with E-state index in [2.05, 4.69) is 30.9 Å². The predicted molar refractivity (Wildman–Crippen MR) is 124 cm³/mol. The zero-order valence-corrected chi connectivity index (χ0v) is 19.6. The molecule has 14 heteroatoms. The predicted octanol–water partition coefficient (Wildman–Crippen LogP) is -2.45. The summed E-state index contributed by atoms with van der Waals surface area (Å²) in [4.78, 5) is 60.0. The van der Waals surface area contributed by atoms with Gasteiger partial charge in [0.1, 0.15) is 18.1 Å². The number of guanidine groups is 1. The van der Waals surface area contributed by atoms with Gasteiger partial charge in [-0.15, -0.1) is 0 Å². The molecule has 0 aliphatic rings. The average Bonchev–Trinajstić information content (AvgIpc) is 3.27. The van der Waals surface area contributed by atoms with E-state index in [4.69, 9.17) is 22.3 Å². The summed E-state index contributed by atoms with van der Waals surface area (Å²) in [7, 11) is 0. The molecule has 0 bridgehead atoms. The molecule has 0 spiro atoms. The number of carbonyl (C=O) groups excluding carboxylic acids is 3. The molecule has 0 aromatic carbocycles. The van der Waals surface area contributed by atoms with Gasteiger partial charge in [-0.3, -0.25) is 24.2 Å². The van der Waals surface area contributed by atoms with Crippen LogP contribution in [0.1, 0.15) is 39.3 Å². The second-order valence-electron chi connectivity index (χ2n) is 8.19. The van der Waals surface area contributed by atoms with Crippen molar-refractivity contribution in [1.29, 1.82) is 0 Å². The van der Waals surface area contributed by atoms with Crippen LogP contribution >= 0.6 is 0 Å². The molecule has 3 amide bonds. The highest BCUT2D eigenvalue weighted by Crippen LogP contribution is 2.06. The summed E-state index contributed by atoms with van der Waals surface area (Å²) in [6.45, 7) is 5.07. The van der Waals surface area contributed by atoms with Crippen molar-refractivity contribution < 1.29 is 24.3 Å². The van der Waals surface area contributed by atoms with Crippen LogP contribution in [-0.4, -0.2) is 75.4 Å². The van der Waals surface area contributed by atoms with Gasteiger partial charge in [0.05, 0.1) is 12.4 Å². The topological polar surface area (TPSA) is 244 Å². The maximum Gasteiger partial charge on any atom is 0.325 e. The molecule has 0 radical (unpaired) electrons. The fourth-order valence-corrected chi connectivity index (χ4v) is 2.82. The van der Waals surface area contributed by atoms with Crippen LogP contribution < -0.4 is 33.2 Å². The number of carboxylic acids is 1. The molecule has 0 aliphatic heterocycles. The molecule has 11 N–H and O–H groups in total. The number of aromatic nitrogens is 2. The number of H-pyrrole nitrogens is 1. The van der Waals surface area contributed by atoms with Crippen LogP contribution in [0.3, 0.4) is 0 Å². The quantitative estimate of drug-likeness (QED) is 0.0797. The van der Waals surface area contributed by atoms with Crippen molar-refractivity contribution in [2.75, 3.05) is 6.54 Å². The molecular weight excluding hydrogens is 446 g/mol. The lowest BCUT2D eigenvalue weighted by atomic mass is 10.0. The minimum Gasteiger partial charge on any atom is -0.480 e. The summed E-state index contributed by atoms with van der Waals surface area (Å²) in [5.41, 5.74) is 17.1. The first-order chi connectivity index (χ1) is 15.9. The second kappa shape index (κ2) is 13.8. The van der Waals surface area contributed by atoms with Crippen LogP contribution in [-0.2, 0) is 25.6 Å². The Morgan fingerprint density at radius 1 is 1.06 bits per heavy atom. The van der Waals surface area contributed by atoms with Gasteiger partial charge in [-0.1, -0.05) is 13.8 Å². The van der Waals surface area contributed by atoms with Crippen LogP contribution in [0.4, 0.5) is 0 Å². The number of carboxylic acid groups (broad SMARTS) is 1. The number of imidazole rings is 1. The highest BCUT2D eigenvalue weighted by molar-refractivity contribution is 5.94.